The van der Waals surface area contributed by atoms with Crippen LogP contribution in [0.2, 0.25) is 10.0 Å². The number of nitrogens with two attached hydrogens (primary N) is 1. The van der Waals surface area contributed by atoms with Crippen LogP contribution >= 0.6 is 23.2 Å². The lowest BCUT2D eigenvalue weighted by atomic mass is 9.68. The SMILES string of the molecule is Cn1ccc(NC(=O)[C@@H]2N[C@@H](CC(C)(C)C)[C@](N)(c3ccc(Cl)cc3F)[C@H]2c2cccc(Cl)c2F)cc1=O. The molecule has 4 N–H and O–H groups in total. The normalized spacial score (nSPS) is 23.4. The number of hydrogen-bond donors (Lipinski definition) is 3. The molecule has 1 aliphatic heterocycles. The first kappa shape index (κ1) is 28.2. The second-order valence-corrected chi connectivity index (χ2v) is 11.8. The van der Waals surface area contributed by atoms with E-state index in [-0.39, 0.29) is 37.8 Å². The largest absolute Gasteiger partial charge is 0.324 e. The maximum atomic E-state index is 15.6. The Kier molecular flexibility index (Phi) is 7.74. The van der Waals surface area contributed by atoms with Crippen molar-refractivity contribution in [3.8, 4) is 0 Å². The van der Waals surface area contributed by atoms with Crippen molar-refractivity contribution in [1.29, 1.82) is 0 Å². The fourth-order valence-corrected chi connectivity index (χ4v) is 5.59. The summed E-state index contributed by atoms with van der Waals surface area (Å²) in [5, 5.41) is 6.06. The van der Waals surface area contributed by atoms with Crippen molar-refractivity contribution < 1.29 is 13.6 Å². The van der Waals surface area contributed by atoms with Crippen LogP contribution in [0.1, 0.15) is 44.2 Å². The molecule has 10 heteroatoms. The molecular formula is C28H30Cl2F2N4O2. The average Bonchev–Trinajstić information content (AvgIpc) is 3.09. The van der Waals surface area contributed by atoms with Gasteiger partial charge in [-0.05, 0) is 41.7 Å². The standard InChI is InChI=1S/C28H30Cl2F2N4O2/c1-27(2,3)14-21-28(33,18-9-8-15(29)12-20(18)31)23(17-6-5-7-19(30)24(17)32)25(35-21)26(38)34-16-10-11-36(4)22(37)13-16/h5-13,21,23,25,35H,14,33H2,1-4H3,(H,34,38)/t21-,23-,25+,28+/m0/s1. The summed E-state index contributed by atoms with van der Waals surface area (Å²) in [5.41, 5.74) is 5.40. The van der Waals surface area contributed by atoms with Gasteiger partial charge in [-0.1, -0.05) is 62.2 Å². The fraction of sp³-hybridized carbons (Fsp3) is 0.357. The molecule has 1 fully saturated rings. The topological polar surface area (TPSA) is 89.2 Å². The molecular weight excluding hydrogens is 533 g/mol. The molecule has 4 rings (SSSR count). The molecule has 0 spiro atoms. The molecule has 1 aliphatic rings. The number of carbonyl (C=O) groups excluding carboxylic acids is 1. The zero-order chi connectivity index (χ0) is 28.0. The molecule has 1 amide bonds. The number of aryl methyl sites for hydroxylation is 1. The van der Waals surface area contributed by atoms with Crippen molar-refractivity contribution in [3.63, 3.8) is 0 Å². The van der Waals surface area contributed by atoms with Crippen LogP contribution in [0.25, 0.3) is 0 Å². The second-order valence-electron chi connectivity index (χ2n) is 11.0. The number of nitrogens with zero attached hydrogens (tertiary/aromatic N) is 1. The number of halogens is 4. The molecule has 2 heterocycles. The van der Waals surface area contributed by atoms with E-state index in [1.54, 1.807) is 19.2 Å². The Bertz CT molecular complexity index is 1440. The van der Waals surface area contributed by atoms with Gasteiger partial charge in [0, 0.05) is 47.5 Å². The highest BCUT2D eigenvalue weighted by atomic mass is 35.5. The summed E-state index contributed by atoms with van der Waals surface area (Å²) in [4.78, 5) is 25.9. The number of carbonyl (C=O) groups is 1. The van der Waals surface area contributed by atoms with Gasteiger partial charge in [-0.2, -0.15) is 0 Å². The minimum atomic E-state index is -1.58. The predicted molar refractivity (Wildman–Crippen MR) is 147 cm³/mol. The number of amides is 1. The number of hydrogen-bond acceptors (Lipinski definition) is 4. The summed E-state index contributed by atoms with van der Waals surface area (Å²) in [5.74, 6) is -3.03. The third-order valence-corrected chi connectivity index (χ3v) is 7.52. The maximum Gasteiger partial charge on any atom is 0.252 e. The molecule has 6 nitrogen and oxygen atoms in total. The summed E-state index contributed by atoms with van der Waals surface area (Å²) in [6.45, 7) is 5.99. The fourth-order valence-electron chi connectivity index (χ4n) is 5.25. The molecule has 202 valence electrons. The van der Waals surface area contributed by atoms with Gasteiger partial charge in [0.05, 0.1) is 16.6 Å². The number of nitrogens with one attached hydrogen (secondary N) is 2. The van der Waals surface area contributed by atoms with E-state index in [9.17, 15) is 9.59 Å². The van der Waals surface area contributed by atoms with Crippen LogP contribution in [-0.2, 0) is 17.4 Å². The Labute approximate surface area is 230 Å². The minimum absolute atomic E-state index is 0.0717. The van der Waals surface area contributed by atoms with Crippen molar-refractivity contribution in [3.05, 3.63) is 97.9 Å². The molecule has 38 heavy (non-hydrogen) atoms. The van der Waals surface area contributed by atoms with E-state index in [1.807, 2.05) is 20.8 Å². The second kappa shape index (κ2) is 10.4. The van der Waals surface area contributed by atoms with Crippen LogP contribution in [0.3, 0.4) is 0 Å². The molecule has 1 aromatic heterocycles. The van der Waals surface area contributed by atoms with E-state index >= 15 is 8.78 Å². The Morgan fingerprint density at radius 1 is 1.16 bits per heavy atom. The van der Waals surface area contributed by atoms with Crippen molar-refractivity contribution in [2.75, 3.05) is 5.32 Å². The first-order valence-electron chi connectivity index (χ1n) is 12.1. The molecule has 0 saturated carbocycles. The van der Waals surface area contributed by atoms with Gasteiger partial charge in [0.2, 0.25) is 5.91 Å². The van der Waals surface area contributed by atoms with Crippen molar-refractivity contribution >= 4 is 34.8 Å². The number of benzene rings is 2. The summed E-state index contributed by atoms with van der Waals surface area (Å²) in [7, 11) is 1.59. The highest BCUT2D eigenvalue weighted by Crippen LogP contribution is 2.50. The summed E-state index contributed by atoms with van der Waals surface area (Å²) >= 11 is 12.2. The summed E-state index contributed by atoms with van der Waals surface area (Å²) in [6.07, 6.45) is 1.95. The third kappa shape index (κ3) is 5.36. The van der Waals surface area contributed by atoms with Crippen LogP contribution in [0.5, 0.6) is 0 Å². The quantitative estimate of drug-likeness (QED) is 0.392. The Morgan fingerprint density at radius 2 is 1.87 bits per heavy atom. The molecule has 3 aromatic rings. The van der Waals surface area contributed by atoms with E-state index in [2.05, 4.69) is 10.6 Å². The third-order valence-electron chi connectivity index (χ3n) is 6.99. The van der Waals surface area contributed by atoms with Crippen molar-refractivity contribution in [2.24, 2.45) is 18.2 Å². The molecule has 0 radical (unpaired) electrons. The van der Waals surface area contributed by atoms with E-state index in [0.29, 0.717) is 6.42 Å². The van der Waals surface area contributed by atoms with Crippen LogP contribution in [-0.4, -0.2) is 22.6 Å². The van der Waals surface area contributed by atoms with Gasteiger partial charge < -0.3 is 20.9 Å². The van der Waals surface area contributed by atoms with Gasteiger partial charge in [0.15, 0.2) is 0 Å². The minimum Gasteiger partial charge on any atom is -0.324 e. The van der Waals surface area contributed by atoms with Crippen molar-refractivity contribution in [1.82, 2.24) is 9.88 Å². The molecule has 1 saturated heterocycles. The first-order chi connectivity index (χ1) is 17.7. The number of pyridine rings is 1. The summed E-state index contributed by atoms with van der Waals surface area (Å²) in [6, 6.07) is 9.71. The lowest BCUT2D eigenvalue weighted by molar-refractivity contribution is -0.118. The van der Waals surface area contributed by atoms with Gasteiger partial charge in [-0.15, -0.1) is 0 Å². The van der Waals surface area contributed by atoms with Crippen LogP contribution in [0.15, 0.2) is 59.5 Å². The monoisotopic (exact) mass is 562 g/mol. The van der Waals surface area contributed by atoms with Gasteiger partial charge in [-0.3, -0.25) is 9.59 Å². The first-order valence-corrected chi connectivity index (χ1v) is 12.9. The van der Waals surface area contributed by atoms with Crippen LogP contribution < -0.4 is 21.9 Å². The average molecular weight is 563 g/mol. The maximum absolute atomic E-state index is 15.6. The highest BCUT2D eigenvalue weighted by molar-refractivity contribution is 6.31. The van der Waals surface area contributed by atoms with Gasteiger partial charge >= 0.3 is 0 Å². The highest BCUT2D eigenvalue weighted by Gasteiger charge is 2.58. The van der Waals surface area contributed by atoms with Gasteiger partial charge in [-0.25, -0.2) is 8.78 Å². The number of aromatic nitrogens is 1. The zero-order valence-electron chi connectivity index (χ0n) is 21.5. The van der Waals surface area contributed by atoms with E-state index in [4.69, 9.17) is 28.9 Å². The Balaban J connectivity index is 1.91. The molecule has 0 aliphatic carbocycles. The molecule has 0 unspecified atom stereocenters. The number of rotatable bonds is 5. The number of anilines is 1. The molecule has 0 bridgehead atoms. The smallest absolute Gasteiger partial charge is 0.252 e. The summed E-state index contributed by atoms with van der Waals surface area (Å²) < 4.78 is 32.5. The van der Waals surface area contributed by atoms with Crippen LogP contribution in [0, 0.1) is 17.0 Å². The van der Waals surface area contributed by atoms with E-state index < -0.39 is 41.1 Å². The molecule has 2 aromatic carbocycles. The van der Waals surface area contributed by atoms with E-state index in [1.165, 1.54) is 41.1 Å². The Hall–Kier alpha value is -2.78. The van der Waals surface area contributed by atoms with E-state index in [0.717, 1.165) is 6.07 Å². The van der Waals surface area contributed by atoms with Gasteiger partial charge in [0.1, 0.15) is 11.6 Å². The lowest BCUT2D eigenvalue weighted by Crippen LogP contribution is -2.52. The Morgan fingerprint density at radius 3 is 2.50 bits per heavy atom. The molecule has 4 atom stereocenters. The lowest BCUT2D eigenvalue weighted by Gasteiger charge is -2.40. The van der Waals surface area contributed by atoms with Crippen LogP contribution in [0.4, 0.5) is 14.5 Å². The zero-order valence-corrected chi connectivity index (χ0v) is 23.0. The van der Waals surface area contributed by atoms with Crippen molar-refractivity contribution in [2.45, 2.75) is 50.7 Å². The predicted octanol–water partition coefficient (Wildman–Crippen LogP) is 5.32. The van der Waals surface area contributed by atoms with Gasteiger partial charge in [0.25, 0.3) is 5.56 Å².